The van der Waals surface area contributed by atoms with Crippen LogP contribution in [0.3, 0.4) is 0 Å². The van der Waals surface area contributed by atoms with Crippen molar-refractivity contribution in [2.24, 2.45) is 0 Å². The molecule has 0 bridgehead atoms. The number of carbonyl (C=O) groups is 1. The number of phenols is 1. The molecule has 2 heterocycles. The fourth-order valence-electron chi connectivity index (χ4n) is 3.77. The van der Waals surface area contributed by atoms with E-state index in [9.17, 15) is 19.1 Å². The van der Waals surface area contributed by atoms with Crippen molar-refractivity contribution in [3.05, 3.63) is 106 Å². The molecule has 1 atom stereocenters. The summed E-state index contributed by atoms with van der Waals surface area (Å²) < 4.78 is 19.5. The molecule has 1 amide bonds. The van der Waals surface area contributed by atoms with Crippen LogP contribution in [0.5, 0.6) is 5.75 Å². The first-order valence-corrected chi connectivity index (χ1v) is 8.98. The van der Waals surface area contributed by atoms with E-state index in [2.05, 4.69) is 0 Å². The van der Waals surface area contributed by atoms with Crippen LogP contribution in [-0.2, 0) is 0 Å². The summed E-state index contributed by atoms with van der Waals surface area (Å²) in [4.78, 5) is 28.1. The third-order valence-corrected chi connectivity index (χ3v) is 5.08. The minimum absolute atomic E-state index is 0.0592. The van der Waals surface area contributed by atoms with E-state index in [1.165, 1.54) is 29.2 Å². The molecule has 1 unspecified atom stereocenters. The summed E-state index contributed by atoms with van der Waals surface area (Å²) in [5, 5.41) is 9.73. The Hall–Kier alpha value is -3.93. The highest BCUT2D eigenvalue weighted by molar-refractivity contribution is 6.10. The van der Waals surface area contributed by atoms with E-state index in [0.29, 0.717) is 11.3 Å². The Morgan fingerprint density at radius 1 is 0.931 bits per heavy atom. The zero-order valence-corrected chi connectivity index (χ0v) is 15.0. The number of carbonyl (C=O) groups excluding carboxylic acids is 1. The van der Waals surface area contributed by atoms with Crippen LogP contribution in [0.1, 0.15) is 27.7 Å². The molecule has 6 heteroatoms. The molecule has 29 heavy (non-hydrogen) atoms. The zero-order valence-electron chi connectivity index (χ0n) is 15.0. The maximum absolute atomic E-state index is 13.8. The summed E-state index contributed by atoms with van der Waals surface area (Å²) in [6.07, 6.45) is 0. The number of hydrogen-bond donors (Lipinski definition) is 1. The maximum Gasteiger partial charge on any atom is 0.295 e. The predicted octanol–water partition coefficient (Wildman–Crippen LogP) is 4.39. The number of anilines is 1. The molecule has 1 N–H and O–H groups in total. The Morgan fingerprint density at radius 2 is 1.66 bits per heavy atom. The molecule has 142 valence electrons. The van der Waals surface area contributed by atoms with Gasteiger partial charge in [0.05, 0.1) is 17.0 Å². The van der Waals surface area contributed by atoms with Gasteiger partial charge >= 0.3 is 0 Å². The second-order valence-corrected chi connectivity index (χ2v) is 6.82. The lowest BCUT2D eigenvalue weighted by atomic mass is 9.98. The lowest BCUT2D eigenvalue weighted by Crippen LogP contribution is -2.29. The van der Waals surface area contributed by atoms with Gasteiger partial charge in [0, 0.05) is 5.69 Å². The summed E-state index contributed by atoms with van der Waals surface area (Å²) >= 11 is 0. The molecule has 0 aliphatic carbocycles. The van der Waals surface area contributed by atoms with Crippen molar-refractivity contribution in [3.8, 4) is 5.75 Å². The average Bonchev–Trinajstić information content (AvgIpc) is 3.03. The van der Waals surface area contributed by atoms with Crippen molar-refractivity contribution in [1.82, 2.24) is 0 Å². The van der Waals surface area contributed by atoms with Crippen LogP contribution in [-0.4, -0.2) is 11.0 Å². The maximum atomic E-state index is 13.8. The lowest BCUT2D eigenvalue weighted by molar-refractivity contribution is 0.0971. The number of hydrogen-bond acceptors (Lipinski definition) is 4. The summed E-state index contributed by atoms with van der Waals surface area (Å²) in [5.74, 6) is -1.00. The Kier molecular flexibility index (Phi) is 3.74. The van der Waals surface area contributed by atoms with Crippen LogP contribution < -0.4 is 10.3 Å². The highest BCUT2D eigenvalue weighted by atomic mass is 19.1. The first-order valence-electron chi connectivity index (χ1n) is 8.98. The third kappa shape index (κ3) is 2.61. The predicted molar refractivity (Wildman–Crippen MR) is 106 cm³/mol. The largest absolute Gasteiger partial charge is 0.508 e. The quantitative estimate of drug-likeness (QED) is 0.554. The van der Waals surface area contributed by atoms with E-state index in [0.717, 1.165) is 6.07 Å². The van der Waals surface area contributed by atoms with Crippen molar-refractivity contribution in [1.29, 1.82) is 0 Å². The Balaban J connectivity index is 1.83. The van der Waals surface area contributed by atoms with Crippen molar-refractivity contribution < 1.29 is 18.7 Å². The van der Waals surface area contributed by atoms with Crippen molar-refractivity contribution >= 4 is 22.6 Å². The highest BCUT2D eigenvalue weighted by Gasteiger charge is 2.43. The number of nitrogens with zero attached hydrogens (tertiary/aromatic N) is 1. The molecule has 0 radical (unpaired) electrons. The summed E-state index contributed by atoms with van der Waals surface area (Å²) in [7, 11) is 0. The van der Waals surface area contributed by atoms with Crippen LogP contribution in [0.4, 0.5) is 10.1 Å². The van der Waals surface area contributed by atoms with Gasteiger partial charge in [0.1, 0.15) is 17.1 Å². The topological polar surface area (TPSA) is 70.8 Å². The highest BCUT2D eigenvalue weighted by Crippen LogP contribution is 2.41. The molecular formula is C23H14FNO4. The van der Waals surface area contributed by atoms with Gasteiger partial charge in [-0.25, -0.2) is 4.39 Å². The van der Waals surface area contributed by atoms with E-state index in [-0.39, 0.29) is 28.0 Å². The summed E-state index contributed by atoms with van der Waals surface area (Å²) in [6.45, 7) is 0. The van der Waals surface area contributed by atoms with E-state index in [1.807, 2.05) is 6.07 Å². The van der Waals surface area contributed by atoms with Crippen molar-refractivity contribution in [2.75, 3.05) is 4.90 Å². The van der Waals surface area contributed by atoms with Gasteiger partial charge in [-0.05, 0) is 48.0 Å². The van der Waals surface area contributed by atoms with Gasteiger partial charge in [0.2, 0.25) is 5.76 Å². The van der Waals surface area contributed by atoms with Crippen molar-refractivity contribution in [2.45, 2.75) is 6.04 Å². The molecule has 0 saturated heterocycles. The molecule has 1 aliphatic rings. The number of fused-ring (bicyclic) bond motifs is 2. The van der Waals surface area contributed by atoms with Crippen LogP contribution in [0.2, 0.25) is 0 Å². The molecule has 1 aromatic heterocycles. The molecule has 0 fully saturated rings. The van der Waals surface area contributed by atoms with Crippen LogP contribution in [0.15, 0.2) is 82.0 Å². The minimum Gasteiger partial charge on any atom is -0.508 e. The number of para-hydroxylation sites is 1. The summed E-state index contributed by atoms with van der Waals surface area (Å²) in [6, 6.07) is 18.1. The number of phenolic OH excluding ortho intramolecular Hbond substituents is 1. The number of halogens is 1. The standard InChI is InChI=1S/C23H14FNO4/c24-14-8-11-18-17(12-14)21(27)19-20(13-6-9-16(26)10-7-13)25(23(28)22(19)29-18)15-4-2-1-3-5-15/h1-12,20,26H. The fraction of sp³-hybridized carbons (Fsp3) is 0.0435. The SMILES string of the molecule is O=C1c2oc3ccc(F)cc3c(=O)c2C(c2ccc(O)cc2)N1c1ccccc1. The van der Waals surface area contributed by atoms with Gasteiger partial charge < -0.3 is 9.52 Å². The average molecular weight is 387 g/mol. The molecule has 3 aromatic carbocycles. The van der Waals surface area contributed by atoms with Crippen LogP contribution in [0, 0.1) is 5.82 Å². The van der Waals surface area contributed by atoms with Crippen molar-refractivity contribution in [3.63, 3.8) is 0 Å². The van der Waals surface area contributed by atoms with E-state index in [1.54, 1.807) is 36.4 Å². The number of benzene rings is 3. The normalized spacial score (nSPS) is 15.7. The van der Waals surface area contributed by atoms with Gasteiger partial charge in [0.25, 0.3) is 5.91 Å². The molecular weight excluding hydrogens is 373 g/mol. The van der Waals surface area contributed by atoms with E-state index >= 15 is 0 Å². The Bertz CT molecular complexity index is 1310. The molecule has 5 rings (SSSR count). The van der Waals surface area contributed by atoms with Gasteiger partial charge in [-0.3, -0.25) is 14.5 Å². The Labute approximate surface area is 164 Å². The van der Waals surface area contributed by atoms with Gasteiger partial charge in [-0.15, -0.1) is 0 Å². The van der Waals surface area contributed by atoms with Crippen LogP contribution in [0.25, 0.3) is 11.0 Å². The van der Waals surface area contributed by atoms with Gasteiger partial charge in [0.15, 0.2) is 5.43 Å². The van der Waals surface area contributed by atoms with Gasteiger partial charge in [-0.2, -0.15) is 0 Å². The first kappa shape index (κ1) is 17.2. The second kappa shape index (κ2) is 6.31. The molecule has 1 aliphatic heterocycles. The number of amides is 1. The monoisotopic (exact) mass is 387 g/mol. The van der Waals surface area contributed by atoms with E-state index < -0.39 is 23.2 Å². The third-order valence-electron chi connectivity index (χ3n) is 5.08. The van der Waals surface area contributed by atoms with Gasteiger partial charge in [-0.1, -0.05) is 30.3 Å². The first-order chi connectivity index (χ1) is 14.0. The second-order valence-electron chi connectivity index (χ2n) is 6.82. The molecule has 0 spiro atoms. The molecule has 0 saturated carbocycles. The lowest BCUT2D eigenvalue weighted by Gasteiger charge is -2.25. The zero-order chi connectivity index (χ0) is 20.1. The number of rotatable bonds is 2. The van der Waals surface area contributed by atoms with E-state index in [4.69, 9.17) is 4.42 Å². The summed E-state index contributed by atoms with van der Waals surface area (Å²) in [5.41, 5.74) is 1.08. The fourth-order valence-corrected chi connectivity index (χ4v) is 3.77. The number of aromatic hydroxyl groups is 1. The molecule has 5 nitrogen and oxygen atoms in total. The smallest absolute Gasteiger partial charge is 0.295 e. The van der Waals surface area contributed by atoms with Crippen LogP contribution >= 0.6 is 0 Å². The minimum atomic E-state index is -0.760. The Morgan fingerprint density at radius 3 is 2.38 bits per heavy atom. The molecule has 4 aromatic rings.